The van der Waals surface area contributed by atoms with Gasteiger partial charge in [-0.25, -0.2) is 10.8 Å². The molecule has 2 atom stereocenters. The summed E-state index contributed by atoms with van der Waals surface area (Å²) in [6, 6.07) is 2.18. The smallest absolute Gasteiger partial charge is 0.240 e. The van der Waals surface area contributed by atoms with Crippen molar-refractivity contribution < 1.29 is 0 Å². The highest BCUT2D eigenvalue weighted by atomic mass is 32.1. The Hall–Kier alpha value is -1.40. The minimum absolute atomic E-state index is 0.500. The number of anilines is 2. The Morgan fingerprint density at radius 2 is 2.00 bits per heavy atom. The lowest BCUT2D eigenvalue weighted by Gasteiger charge is -2.36. The maximum absolute atomic E-state index is 5.51. The summed E-state index contributed by atoms with van der Waals surface area (Å²) in [6.07, 6.45) is 1.29. The van der Waals surface area contributed by atoms with Gasteiger partial charge >= 0.3 is 0 Å². The van der Waals surface area contributed by atoms with Gasteiger partial charge in [0, 0.05) is 18.0 Å². The van der Waals surface area contributed by atoms with E-state index in [1.807, 2.05) is 0 Å². The van der Waals surface area contributed by atoms with E-state index in [1.165, 1.54) is 11.3 Å². The van der Waals surface area contributed by atoms with Gasteiger partial charge in [-0.05, 0) is 31.2 Å². The molecule has 1 saturated heterocycles. The van der Waals surface area contributed by atoms with Gasteiger partial charge in [-0.15, -0.1) is 11.3 Å². The van der Waals surface area contributed by atoms with E-state index < -0.39 is 0 Å². The van der Waals surface area contributed by atoms with Gasteiger partial charge in [-0.2, -0.15) is 4.98 Å². The number of hydrogen-bond donors (Lipinski definition) is 2. The Balaban J connectivity index is 2.08. The molecule has 6 heteroatoms. The van der Waals surface area contributed by atoms with Crippen LogP contribution in [-0.4, -0.2) is 23.1 Å². The van der Waals surface area contributed by atoms with Gasteiger partial charge < -0.3 is 4.90 Å². The van der Waals surface area contributed by atoms with E-state index in [9.17, 15) is 0 Å². The van der Waals surface area contributed by atoms with Crippen LogP contribution in [0.3, 0.4) is 0 Å². The van der Waals surface area contributed by atoms with Crippen LogP contribution in [0.5, 0.6) is 0 Å². The van der Waals surface area contributed by atoms with Gasteiger partial charge in [0.15, 0.2) is 0 Å². The van der Waals surface area contributed by atoms with E-state index in [4.69, 9.17) is 5.84 Å². The number of rotatable bonds is 2. The molecule has 0 saturated carbocycles. The Kier molecular flexibility index (Phi) is 3.52. The zero-order valence-corrected chi connectivity index (χ0v) is 13.0. The minimum atomic E-state index is 0.500. The molecule has 5 nitrogen and oxygen atoms in total. The van der Waals surface area contributed by atoms with Crippen molar-refractivity contribution in [3.05, 3.63) is 10.9 Å². The molecule has 0 aromatic carbocycles. The van der Waals surface area contributed by atoms with Crippen molar-refractivity contribution >= 4 is 33.3 Å². The van der Waals surface area contributed by atoms with E-state index in [2.05, 4.69) is 47.1 Å². The first kappa shape index (κ1) is 13.6. The number of aryl methyl sites for hydroxylation is 1. The number of nitrogens with one attached hydrogen (secondary N) is 1. The van der Waals surface area contributed by atoms with Crippen molar-refractivity contribution in [1.82, 2.24) is 9.97 Å². The van der Waals surface area contributed by atoms with Gasteiger partial charge in [0.05, 0.1) is 5.39 Å². The number of fused-ring (bicyclic) bond motifs is 1. The fourth-order valence-electron chi connectivity index (χ4n) is 3.17. The van der Waals surface area contributed by atoms with Crippen LogP contribution in [0.1, 0.15) is 25.1 Å². The topological polar surface area (TPSA) is 67.1 Å². The van der Waals surface area contributed by atoms with Gasteiger partial charge in [0.1, 0.15) is 10.6 Å². The molecule has 2 aromatic heterocycles. The molecule has 2 unspecified atom stereocenters. The van der Waals surface area contributed by atoms with Crippen LogP contribution in [0.2, 0.25) is 0 Å². The van der Waals surface area contributed by atoms with E-state index >= 15 is 0 Å². The summed E-state index contributed by atoms with van der Waals surface area (Å²) in [4.78, 5) is 13.7. The number of nitrogens with two attached hydrogens (primary N) is 1. The molecule has 0 aliphatic carbocycles. The molecule has 0 bridgehead atoms. The Morgan fingerprint density at radius 3 is 2.65 bits per heavy atom. The summed E-state index contributed by atoms with van der Waals surface area (Å²) in [7, 11) is 0. The molecule has 1 aliphatic rings. The Bertz CT molecular complexity index is 613. The highest BCUT2D eigenvalue weighted by Gasteiger charge is 2.25. The number of thiophene rings is 1. The third kappa shape index (κ3) is 2.45. The van der Waals surface area contributed by atoms with E-state index in [-0.39, 0.29) is 0 Å². The van der Waals surface area contributed by atoms with Crippen LogP contribution >= 0.6 is 11.3 Å². The second-order valence-electron chi connectivity index (χ2n) is 5.94. The molecule has 3 N–H and O–H groups in total. The van der Waals surface area contributed by atoms with E-state index in [0.29, 0.717) is 17.8 Å². The molecule has 0 radical (unpaired) electrons. The number of piperidine rings is 1. The van der Waals surface area contributed by atoms with Gasteiger partial charge in [-0.1, -0.05) is 13.8 Å². The predicted molar refractivity (Wildman–Crippen MR) is 85.1 cm³/mol. The van der Waals surface area contributed by atoms with Crippen LogP contribution in [0.4, 0.5) is 11.8 Å². The summed E-state index contributed by atoms with van der Waals surface area (Å²) in [6.45, 7) is 8.82. The van der Waals surface area contributed by atoms with Crippen LogP contribution in [0, 0.1) is 18.8 Å². The Labute approximate surface area is 123 Å². The molecule has 0 amide bonds. The second kappa shape index (κ2) is 5.18. The standard InChI is InChI=1S/C14H21N5S/c1-8-4-9(2)7-19(6-8)12-11-5-10(3)20-13(11)17-14(16-12)18-15/h5,8-9H,4,6-7,15H2,1-3H3,(H,16,17,18). The summed E-state index contributed by atoms with van der Waals surface area (Å²) < 4.78 is 0. The van der Waals surface area contributed by atoms with Crippen LogP contribution in [0.25, 0.3) is 10.2 Å². The lowest BCUT2D eigenvalue weighted by molar-refractivity contribution is 0.356. The van der Waals surface area contributed by atoms with Gasteiger partial charge in [0.25, 0.3) is 0 Å². The number of hydrogen-bond acceptors (Lipinski definition) is 6. The summed E-state index contributed by atoms with van der Waals surface area (Å²) in [5, 5.41) is 1.15. The molecular weight excluding hydrogens is 270 g/mol. The molecular formula is C14H21N5S. The summed E-state index contributed by atoms with van der Waals surface area (Å²) >= 11 is 1.69. The highest BCUT2D eigenvalue weighted by molar-refractivity contribution is 7.18. The average Bonchev–Trinajstić information content (AvgIpc) is 2.76. The first-order valence-electron chi connectivity index (χ1n) is 7.06. The summed E-state index contributed by atoms with van der Waals surface area (Å²) in [5.74, 6) is 8.42. The largest absolute Gasteiger partial charge is 0.355 e. The van der Waals surface area contributed by atoms with Crippen LogP contribution in [0.15, 0.2) is 6.07 Å². The van der Waals surface area contributed by atoms with Gasteiger partial charge in [0.2, 0.25) is 5.95 Å². The third-order valence-electron chi connectivity index (χ3n) is 3.79. The van der Waals surface area contributed by atoms with Crippen molar-refractivity contribution in [3.8, 4) is 0 Å². The van der Waals surface area contributed by atoms with Gasteiger partial charge in [-0.3, -0.25) is 5.43 Å². The normalized spacial score (nSPS) is 23.3. The lowest BCUT2D eigenvalue weighted by Crippen LogP contribution is -2.39. The van der Waals surface area contributed by atoms with E-state index in [1.54, 1.807) is 11.3 Å². The van der Waals surface area contributed by atoms with Crippen LogP contribution in [-0.2, 0) is 0 Å². The first-order chi connectivity index (χ1) is 9.56. The fourth-order valence-corrected chi connectivity index (χ4v) is 4.04. The van der Waals surface area contributed by atoms with Crippen molar-refractivity contribution in [2.75, 3.05) is 23.4 Å². The number of hydrazine groups is 1. The number of aromatic nitrogens is 2. The average molecular weight is 291 g/mol. The first-order valence-corrected chi connectivity index (χ1v) is 7.88. The van der Waals surface area contributed by atoms with E-state index in [0.717, 1.165) is 29.1 Å². The maximum atomic E-state index is 5.51. The molecule has 0 spiro atoms. The number of nitrogen functional groups attached to an aromatic ring is 1. The number of nitrogens with zero attached hydrogens (tertiary/aromatic N) is 3. The van der Waals surface area contributed by atoms with Crippen molar-refractivity contribution in [2.24, 2.45) is 17.7 Å². The second-order valence-corrected chi connectivity index (χ2v) is 7.18. The molecule has 3 heterocycles. The SMILES string of the molecule is Cc1cc2c(N3CC(C)CC(C)C3)nc(NN)nc2s1. The van der Waals surface area contributed by atoms with Crippen molar-refractivity contribution in [1.29, 1.82) is 0 Å². The van der Waals surface area contributed by atoms with Crippen LogP contribution < -0.4 is 16.2 Å². The maximum Gasteiger partial charge on any atom is 0.240 e. The quantitative estimate of drug-likeness (QED) is 0.658. The molecule has 2 aromatic rings. The van der Waals surface area contributed by atoms with Crippen molar-refractivity contribution in [3.63, 3.8) is 0 Å². The zero-order chi connectivity index (χ0) is 14.3. The Morgan fingerprint density at radius 1 is 1.30 bits per heavy atom. The lowest BCUT2D eigenvalue weighted by atomic mass is 9.92. The minimum Gasteiger partial charge on any atom is -0.355 e. The monoisotopic (exact) mass is 291 g/mol. The molecule has 108 valence electrons. The molecule has 3 rings (SSSR count). The predicted octanol–water partition coefficient (Wildman–Crippen LogP) is 2.77. The summed E-state index contributed by atoms with van der Waals surface area (Å²) in [5.41, 5.74) is 2.59. The third-order valence-corrected chi connectivity index (χ3v) is 4.74. The van der Waals surface area contributed by atoms with Crippen molar-refractivity contribution in [2.45, 2.75) is 27.2 Å². The zero-order valence-electron chi connectivity index (χ0n) is 12.2. The molecule has 1 fully saturated rings. The molecule has 1 aliphatic heterocycles. The highest BCUT2D eigenvalue weighted by Crippen LogP contribution is 2.34. The fraction of sp³-hybridized carbons (Fsp3) is 0.571. The molecule has 20 heavy (non-hydrogen) atoms.